The van der Waals surface area contributed by atoms with Crippen molar-refractivity contribution in [2.24, 2.45) is 0 Å². The maximum Gasteiger partial charge on any atom is 0.442 e. The summed E-state index contributed by atoms with van der Waals surface area (Å²) in [5.41, 5.74) is -2.98. The highest BCUT2D eigenvalue weighted by Gasteiger charge is 2.44. The van der Waals surface area contributed by atoms with Crippen molar-refractivity contribution in [3.05, 3.63) is 21.5 Å². The fraction of sp³-hybridized carbons (Fsp3) is 0.840. The summed E-state index contributed by atoms with van der Waals surface area (Å²) in [5.74, 6) is -0.514. The molecule has 0 fully saturated rings. The van der Waals surface area contributed by atoms with Crippen molar-refractivity contribution in [3.8, 4) is 0 Å². The predicted octanol–water partition coefficient (Wildman–Crippen LogP) is 7.50. The van der Waals surface area contributed by atoms with E-state index >= 15 is 0 Å². The molecule has 0 spiro atoms. The van der Waals surface area contributed by atoms with Crippen LogP contribution in [0.4, 0.5) is 18.9 Å². The van der Waals surface area contributed by atoms with E-state index in [9.17, 15) is 28.1 Å². The van der Waals surface area contributed by atoms with E-state index in [1.807, 2.05) is 0 Å². The van der Waals surface area contributed by atoms with Crippen molar-refractivity contribution >= 4 is 11.6 Å². The molecule has 10 heteroatoms. The first-order valence-corrected chi connectivity index (χ1v) is 13.2. The Morgan fingerprint density at radius 2 is 1.31 bits per heavy atom. The van der Waals surface area contributed by atoms with E-state index in [1.165, 1.54) is 83.5 Å². The van der Waals surface area contributed by atoms with Gasteiger partial charge < -0.3 is 5.32 Å². The summed E-state index contributed by atoms with van der Waals surface area (Å²) in [4.78, 5) is 21.9. The van der Waals surface area contributed by atoms with E-state index < -0.39 is 34.9 Å². The maximum absolute atomic E-state index is 13.0. The monoisotopic (exact) mass is 504 g/mol. The number of nitro groups is 1. The zero-order chi connectivity index (χ0) is 26.1. The second-order valence-corrected chi connectivity index (χ2v) is 9.35. The van der Waals surface area contributed by atoms with Crippen molar-refractivity contribution in [3.63, 3.8) is 0 Å². The lowest BCUT2D eigenvalue weighted by Gasteiger charge is -2.07. The van der Waals surface area contributed by atoms with E-state index in [0.717, 1.165) is 30.9 Å². The fourth-order valence-electron chi connectivity index (χ4n) is 4.19. The van der Waals surface area contributed by atoms with Gasteiger partial charge in [0.25, 0.3) is 0 Å². The van der Waals surface area contributed by atoms with E-state index in [0.29, 0.717) is 6.54 Å². The quantitative estimate of drug-likeness (QED) is 0.113. The van der Waals surface area contributed by atoms with Gasteiger partial charge in [0.15, 0.2) is 0 Å². The second-order valence-electron chi connectivity index (χ2n) is 9.35. The number of rotatable bonds is 20. The van der Waals surface area contributed by atoms with Gasteiger partial charge in [-0.05, 0) is 13.3 Å². The normalized spacial score (nSPS) is 11.7. The number of amides is 1. The topological polar surface area (TPSA) is 90.1 Å². The summed E-state index contributed by atoms with van der Waals surface area (Å²) >= 11 is 0. The molecule has 0 aliphatic heterocycles. The first kappa shape index (κ1) is 30.9. The third-order valence-corrected chi connectivity index (χ3v) is 6.27. The van der Waals surface area contributed by atoms with Crippen LogP contribution in [-0.4, -0.2) is 27.2 Å². The molecule has 0 aliphatic carbocycles. The number of carbonyl (C=O) groups is 1. The number of hydrogen-bond donors (Lipinski definition) is 1. The molecular formula is C25H43F3N4O3. The van der Waals surface area contributed by atoms with E-state index in [2.05, 4.69) is 17.3 Å². The lowest BCUT2D eigenvalue weighted by molar-refractivity contribution is -0.388. The van der Waals surface area contributed by atoms with Crippen molar-refractivity contribution in [1.82, 2.24) is 15.1 Å². The highest BCUT2D eigenvalue weighted by Crippen LogP contribution is 2.36. The molecule has 0 unspecified atom stereocenters. The van der Waals surface area contributed by atoms with Gasteiger partial charge in [0, 0.05) is 6.54 Å². The van der Waals surface area contributed by atoms with Crippen LogP contribution in [0.15, 0.2) is 0 Å². The molecule has 1 N–H and O–H groups in total. The molecule has 0 radical (unpaired) electrons. The zero-order valence-corrected chi connectivity index (χ0v) is 21.4. The van der Waals surface area contributed by atoms with Crippen LogP contribution in [-0.2, 0) is 17.5 Å². The van der Waals surface area contributed by atoms with Crippen LogP contribution in [0.5, 0.6) is 0 Å². The Morgan fingerprint density at radius 3 is 1.69 bits per heavy atom. The summed E-state index contributed by atoms with van der Waals surface area (Å²) in [6.45, 7) is 3.34. The van der Waals surface area contributed by atoms with Gasteiger partial charge in [-0.15, -0.1) is 0 Å². The average molecular weight is 505 g/mol. The predicted molar refractivity (Wildman–Crippen MR) is 131 cm³/mol. The van der Waals surface area contributed by atoms with Crippen molar-refractivity contribution in [2.45, 2.75) is 129 Å². The van der Waals surface area contributed by atoms with Crippen LogP contribution >= 0.6 is 0 Å². The first-order valence-electron chi connectivity index (χ1n) is 13.2. The highest BCUT2D eigenvalue weighted by atomic mass is 19.4. The number of hydrogen-bond acceptors (Lipinski definition) is 4. The third kappa shape index (κ3) is 12.9. The minimum absolute atomic E-state index is 0.292. The molecule has 0 saturated carbocycles. The molecule has 7 nitrogen and oxygen atoms in total. The SMILES string of the molecule is CCCCCCCCCCCCCCCCCCNC(=O)Cn1nc(C(F)(F)F)c([N+](=O)[O-])c1C. The average Bonchev–Trinajstić information content (AvgIpc) is 3.12. The molecule has 0 aliphatic rings. The van der Waals surface area contributed by atoms with Crippen LogP contribution in [0, 0.1) is 17.0 Å². The molecule has 1 aromatic rings. The number of aromatic nitrogens is 2. The third-order valence-electron chi connectivity index (χ3n) is 6.27. The van der Waals surface area contributed by atoms with Gasteiger partial charge >= 0.3 is 11.9 Å². The Hall–Kier alpha value is -2.13. The standard InChI is InChI=1S/C25H43F3N4O3/c1-3-4-5-6-7-8-9-10-11-12-13-14-15-16-17-18-19-29-22(33)20-31-21(2)23(32(34)35)24(30-31)25(26,27)28/h3-20H2,1-2H3,(H,29,33). The van der Waals surface area contributed by atoms with Crippen LogP contribution in [0.25, 0.3) is 0 Å². The Balaban J connectivity index is 2.06. The largest absolute Gasteiger partial charge is 0.442 e. The number of unbranched alkanes of at least 4 members (excludes halogenated alkanes) is 15. The zero-order valence-electron chi connectivity index (χ0n) is 21.4. The highest BCUT2D eigenvalue weighted by molar-refractivity contribution is 5.75. The summed E-state index contributed by atoms with van der Waals surface area (Å²) in [5, 5.41) is 16.9. The number of alkyl halides is 3. The smallest absolute Gasteiger partial charge is 0.354 e. The first-order chi connectivity index (χ1) is 16.7. The second kappa shape index (κ2) is 17.3. The minimum atomic E-state index is -4.96. The van der Waals surface area contributed by atoms with E-state index in [-0.39, 0.29) is 5.69 Å². The van der Waals surface area contributed by atoms with Crippen LogP contribution in [0.1, 0.15) is 121 Å². The Morgan fingerprint density at radius 1 is 0.886 bits per heavy atom. The molecule has 0 aromatic carbocycles. The van der Waals surface area contributed by atoms with Gasteiger partial charge in [-0.1, -0.05) is 103 Å². The van der Waals surface area contributed by atoms with Gasteiger partial charge in [0.2, 0.25) is 11.6 Å². The summed E-state index contributed by atoms with van der Waals surface area (Å²) in [7, 11) is 0. The molecule has 1 amide bonds. The van der Waals surface area contributed by atoms with Crippen molar-refractivity contribution in [1.29, 1.82) is 0 Å². The maximum atomic E-state index is 13.0. The van der Waals surface area contributed by atoms with Gasteiger partial charge in [-0.3, -0.25) is 19.6 Å². The number of halogens is 3. The van der Waals surface area contributed by atoms with Gasteiger partial charge in [-0.25, -0.2) is 0 Å². The molecule has 0 atom stereocenters. The van der Waals surface area contributed by atoms with E-state index in [4.69, 9.17) is 0 Å². The molecule has 1 rings (SSSR count). The molecule has 1 aromatic heterocycles. The van der Waals surface area contributed by atoms with Crippen LogP contribution in [0.2, 0.25) is 0 Å². The Labute approximate surface area is 207 Å². The number of nitrogens with zero attached hydrogens (tertiary/aromatic N) is 3. The lowest BCUT2D eigenvalue weighted by atomic mass is 10.0. The Kier molecular flexibility index (Phi) is 15.3. The molecule has 1 heterocycles. The van der Waals surface area contributed by atoms with Crippen molar-refractivity contribution in [2.75, 3.05) is 6.54 Å². The molecule has 202 valence electrons. The van der Waals surface area contributed by atoms with Crippen LogP contribution < -0.4 is 5.32 Å². The number of carbonyl (C=O) groups excluding carboxylic acids is 1. The molecule has 0 saturated heterocycles. The number of nitrogens with one attached hydrogen (secondary N) is 1. The van der Waals surface area contributed by atoms with Gasteiger partial charge in [-0.2, -0.15) is 18.3 Å². The molecular weight excluding hydrogens is 461 g/mol. The van der Waals surface area contributed by atoms with Crippen LogP contribution in [0.3, 0.4) is 0 Å². The lowest BCUT2D eigenvalue weighted by Crippen LogP contribution is -2.29. The molecule has 0 bridgehead atoms. The summed E-state index contributed by atoms with van der Waals surface area (Å²) in [6, 6.07) is 0. The van der Waals surface area contributed by atoms with Crippen molar-refractivity contribution < 1.29 is 22.9 Å². The van der Waals surface area contributed by atoms with E-state index in [1.54, 1.807) is 0 Å². The summed E-state index contributed by atoms with van der Waals surface area (Å²) in [6.07, 6.45) is 15.1. The Bertz CT molecular complexity index is 751. The molecule has 35 heavy (non-hydrogen) atoms. The summed E-state index contributed by atoms with van der Waals surface area (Å²) < 4.78 is 39.7. The van der Waals surface area contributed by atoms with Gasteiger partial charge in [0.1, 0.15) is 12.2 Å². The van der Waals surface area contributed by atoms with Gasteiger partial charge in [0.05, 0.1) is 4.92 Å². The fourth-order valence-corrected chi connectivity index (χ4v) is 4.19. The minimum Gasteiger partial charge on any atom is -0.354 e.